The van der Waals surface area contributed by atoms with Crippen LogP contribution in [0, 0.1) is 0 Å². The number of amides is 4. The summed E-state index contributed by atoms with van der Waals surface area (Å²) < 4.78 is 6.86. The molecule has 7 rings (SSSR count). The lowest BCUT2D eigenvalue weighted by molar-refractivity contribution is -0.152. The predicted molar refractivity (Wildman–Crippen MR) is 188 cm³/mol. The van der Waals surface area contributed by atoms with Crippen molar-refractivity contribution < 1.29 is 29.0 Å². The molecule has 5 heterocycles. The zero-order valence-corrected chi connectivity index (χ0v) is 28.4. The standard InChI is InChI=1S/C37H34N6O6S/c1-41(2)25-8-12-30-32(18-25)50-34(40-30)23-6-11-29(39-21-23)22-5-7-24(38-20-22)4-3-16-49-17-15-42-33(45)14-13-31(37(42)48)43-35(46)27-10-9-26(44)19-28(27)36(43)47/h5-12,18-21,31,44H,3-4,13-17H2,1-2H3. The Labute approximate surface area is 292 Å². The minimum atomic E-state index is -1.08. The zero-order chi connectivity index (χ0) is 34.9. The molecule has 1 saturated heterocycles. The van der Waals surface area contributed by atoms with Gasteiger partial charge in [-0.3, -0.25) is 38.9 Å². The van der Waals surface area contributed by atoms with E-state index in [1.807, 2.05) is 50.6 Å². The molecule has 50 heavy (non-hydrogen) atoms. The molecule has 1 N–H and O–H groups in total. The molecule has 1 fully saturated rings. The van der Waals surface area contributed by atoms with E-state index in [0.717, 1.165) is 53.2 Å². The lowest BCUT2D eigenvalue weighted by Crippen LogP contribution is -2.56. The number of aryl methyl sites for hydroxylation is 1. The van der Waals surface area contributed by atoms with E-state index in [1.165, 1.54) is 18.2 Å². The number of likely N-dealkylation sites (tertiary alicyclic amines) is 1. The van der Waals surface area contributed by atoms with E-state index in [2.05, 4.69) is 27.0 Å². The third-order valence-corrected chi connectivity index (χ3v) is 9.96. The van der Waals surface area contributed by atoms with E-state index in [-0.39, 0.29) is 48.8 Å². The second-order valence-corrected chi connectivity index (χ2v) is 13.4. The van der Waals surface area contributed by atoms with Crippen LogP contribution in [0.4, 0.5) is 5.69 Å². The summed E-state index contributed by atoms with van der Waals surface area (Å²) in [6.07, 6.45) is 5.09. The number of phenols is 1. The van der Waals surface area contributed by atoms with Crippen molar-refractivity contribution in [2.45, 2.75) is 31.7 Å². The smallest absolute Gasteiger partial charge is 0.262 e. The average Bonchev–Trinajstić information content (AvgIpc) is 3.65. The summed E-state index contributed by atoms with van der Waals surface area (Å²) in [5.74, 6) is -2.38. The number of anilines is 1. The number of carbonyl (C=O) groups excluding carboxylic acids is 4. The Hall–Kier alpha value is -5.53. The van der Waals surface area contributed by atoms with Gasteiger partial charge in [-0.15, -0.1) is 11.3 Å². The van der Waals surface area contributed by atoms with Crippen LogP contribution in [-0.4, -0.2) is 93.4 Å². The van der Waals surface area contributed by atoms with Gasteiger partial charge in [-0.1, -0.05) is 0 Å². The maximum atomic E-state index is 13.2. The lowest BCUT2D eigenvalue weighted by atomic mass is 10.0. The minimum absolute atomic E-state index is 0.0210. The fourth-order valence-electron chi connectivity index (χ4n) is 6.17. The second-order valence-electron chi connectivity index (χ2n) is 12.4. The molecule has 254 valence electrons. The van der Waals surface area contributed by atoms with E-state index < -0.39 is 23.8 Å². The normalized spacial score (nSPS) is 16.1. The Morgan fingerprint density at radius 2 is 1.70 bits per heavy atom. The molecule has 0 radical (unpaired) electrons. The van der Waals surface area contributed by atoms with Gasteiger partial charge in [0.15, 0.2) is 0 Å². The fourth-order valence-corrected chi connectivity index (χ4v) is 7.16. The first kappa shape index (κ1) is 33.0. The maximum Gasteiger partial charge on any atom is 0.262 e. The number of phenolic OH excluding ortho intramolecular Hbond substituents is 1. The Kier molecular flexibility index (Phi) is 9.08. The molecule has 12 nitrogen and oxygen atoms in total. The molecule has 13 heteroatoms. The van der Waals surface area contributed by atoms with Crippen molar-refractivity contribution in [3.05, 3.63) is 89.9 Å². The Morgan fingerprint density at radius 3 is 2.46 bits per heavy atom. The number of fused-ring (bicyclic) bond motifs is 2. The number of pyridine rings is 2. The van der Waals surface area contributed by atoms with E-state index in [0.29, 0.717) is 19.4 Å². The van der Waals surface area contributed by atoms with Crippen LogP contribution in [0.15, 0.2) is 73.1 Å². The molecule has 0 spiro atoms. The van der Waals surface area contributed by atoms with Gasteiger partial charge < -0.3 is 14.7 Å². The SMILES string of the molecule is CN(C)c1ccc2nc(-c3ccc(-c4ccc(CCCOCCN5C(=O)CCC(N6C(=O)c7ccc(O)cc7C6=O)C5=O)nc4)nc3)sc2c1. The summed E-state index contributed by atoms with van der Waals surface area (Å²) in [6, 6.07) is 17.0. The second kappa shape index (κ2) is 13.8. The van der Waals surface area contributed by atoms with Crippen LogP contribution in [0.3, 0.4) is 0 Å². The van der Waals surface area contributed by atoms with Crippen molar-refractivity contribution in [3.63, 3.8) is 0 Å². The number of aromatic nitrogens is 3. The molecule has 2 aliphatic heterocycles. The van der Waals surface area contributed by atoms with Crippen LogP contribution in [0.2, 0.25) is 0 Å². The number of thiazole rings is 1. The van der Waals surface area contributed by atoms with Gasteiger partial charge in [0.2, 0.25) is 5.91 Å². The molecule has 1 atom stereocenters. The van der Waals surface area contributed by atoms with Crippen molar-refractivity contribution >= 4 is 50.9 Å². The number of piperidine rings is 1. The van der Waals surface area contributed by atoms with Gasteiger partial charge in [-0.25, -0.2) is 4.98 Å². The number of rotatable bonds is 11. The Bertz CT molecular complexity index is 2110. The summed E-state index contributed by atoms with van der Waals surface area (Å²) in [7, 11) is 4.04. The maximum absolute atomic E-state index is 13.2. The van der Waals surface area contributed by atoms with Gasteiger partial charge in [0.1, 0.15) is 16.8 Å². The van der Waals surface area contributed by atoms with Gasteiger partial charge in [0.25, 0.3) is 17.7 Å². The molecule has 4 amide bonds. The number of carbonyl (C=O) groups is 4. The first-order valence-electron chi connectivity index (χ1n) is 16.3. The van der Waals surface area contributed by atoms with Crippen molar-refractivity contribution in [1.29, 1.82) is 0 Å². The molecular formula is C37H34N6O6S. The Balaban J connectivity index is 0.874. The number of ether oxygens (including phenoxy) is 1. The van der Waals surface area contributed by atoms with Crippen molar-refractivity contribution in [2.24, 2.45) is 0 Å². The number of nitrogens with zero attached hydrogens (tertiary/aromatic N) is 6. The summed E-state index contributed by atoms with van der Waals surface area (Å²) in [5, 5.41) is 10.7. The van der Waals surface area contributed by atoms with Crippen LogP contribution >= 0.6 is 11.3 Å². The number of aromatic hydroxyl groups is 1. The van der Waals surface area contributed by atoms with Crippen LogP contribution < -0.4 is 4.90 Å². The highest BCUT2D eigenvalue weighted by atomic mass is 32.1. The summed E-state index contributed by atoms with van der Waals surface area (Å²) in [4.78, 5) is 69.8. The highest BCUT2D eigenvalue weighted by Crippen LogP contribution is 2.33. The highest BCUT2D eigenvalue weighted by molar-refractivity contribution is 7.21. The van der Waals surface area contributed by atoms with Crippen LogP contribution in [-0.2, 0) is 20.7 Å². The highest BCUT2D eigenvalue weighted by Gasteiger charge is 2.47. The van der Waals surface area contributed by atoms with Crippen LogP contribution in [0.25, 0.3) is 32.0 Å². The monoisotopic (exact) mass is 690 g/mol. The minimum Gasteiger partial charge on any atom is -0.508 e. The average molecular weight is 691 g/mol. The summed E-state index contributed by atoms with van der Waals surface area (Å²) >= 11 is 1.65. The van der Waals surface area contributed by atoms with Crippen molar-refractivity contribution in [2.75, 3.05) is 38.8 Å². The van der Waals surface area contributed by atoms with Gasteiger partial charge in [-0.05, 0) is 79.9 Å². The van der Waals surface area contributed by atoms with Gasteiger partial charge in [-0.2, -0.15) is 0 Å². The largest absolute Gasteiger partial charge is 0.508 e. The summed E-state index contributed by atoms with van der Waals surface area (Å²) in [5.41, 5.74) is 5.87. The van der Waals surface area contributed by atoms with Crippen molar-refractivity contribution in [1.82, 2.24) is 24.8 Å². The first-order valence-corrected chi connectivity index (χ1v) is 17.1. The third kappa shape index (κ3) is 6.44. The number of imide groups is 2. The molecule has 5 aromatic rings. The number of hydrogen-bond acceptors (Lipinski definition) is 11. The Morgan fingerprint density at radius 1 is 0.900 bits per heavy atom. The van der Waals surface area contributed by atoms with Crippen molar-refractivity contribution in [3.8, 4) is 27.6 Å². The van der Waals surface area contributed by atoms with E-state index in [1.54, 1.807) is 17.5 Å². The molecule has 0 aliphatic carbocycles. The van der Waals surface area contributed by atoms with E-state index in [4.69, 9.17) is 9.72 Å². The number of benzene rings is 2. The molecule has 3 aromatic heterocycles. The zero-order valence-electron chi connectivity index (χ0n) is 27.5. The molecule has 0 saturated carbocycles. The van der Waals surface area contributed by atoms with Gasteiger partial charge in [0, 0.05) is 62.0 Å². The molecule has 0 bridgehead atoms. The first-order chi connectivity index (χ1) is 24.2. The molecule has 2 aliphatic rings. The summed E-state index contributed by atoms with van der Waals surface area (Å²) in [6.45, 7) is 0.547. The van der Waals surface area contributed by atoms with Gasteiger partial charge >= 0.3 is 0 Å². The number of hydrogen-bond donors (Lipinski definition) is 1. The van der Waals surface area contributed by atoms with Gasteiger partial charge in [0.05, 0.1) is 40.2 Å². The third-order valence-electron chi connectivity index (χ3n) is 8.90. The molecular weight excluding hydrogens is 657 g/mol. The predicted octanol–water partition coefficient (Wildman–Crippen LogP) is 4.95. The molecule has 2 aromatic carbocycles. The van der Waals surface area contributed by atoms with E-state index in [9.17, 15) is 24.3 Å². The van der Waals surface area contributed by atoms with E-state index >= 15 is 0 Å². The van der Waals surface area contributed by atoms with Crippen LogP contribution in [0.1, 0.15) is 45.7 Å². The topological polar surface area (TPSA) is 146 Å². The fraction of sp³-hybridized carbons (Fsp3) is 0.270. The quantitative estimate of drug-likeness (QED) is 0.149. The molecule has 1 unspecified atom stereocenters. The lowest BCUT2D eigenvalue weighted by Gasteiger charge is -2.34. The van der Waals surface area contributed by atoms with Crippen LogP contribution in [0.5, 0.6) is 5.75 Å².